The van der Waals surface area contributed by atoms with Crippen molar-refractivity contribution in [3.05, 3.63) is 95.2 Å². The molecule has 0 amide bonds. The first kappa shape index (κ1) is 16.6. The largest absolute Gasteiger partial charge is 0.0967 e. The molecule has 0 radical (unpaired) electrons. The van der Waals surface area contributed by atoms with E-state index in [9.17, 15) is 0 Å². The third-order valence-electron chi connectivity index (χ3n) is 6.35. The van der Waals surface area contributed by atoms with E-state index in [1.165, 1.54) is 22.3 Å². The van der Waals surface area contributed by atoms with Gasteiger partial charge in [-0.1, -0.05) is 95.2 Å². The highest BCUT2D eigenvalue weighted by atomic mass is 28.3. The Labute approximate surface area is 153 Å². The van der Waals surface area contributed by atoms with E-state index >= 15 is 0 Å². The fraction of sp³-hybridized carbons (Fsp3) is 0.333. The molecule has 1 heteroatoms. The van der Waals surface area contributed by atoms with E-state index in [1.54, 1.807) is 0 Å². The summed E-state index contributed by atoms with van der Waals surface area (Å²) in [5.74, 6) is 0. The van der Waals surface area contributed by atoms with Gasteiger partial charge in [0.05, 0.1) is 8.07 Å². The zero-order chi connectivity index (χ0) is 17.6. The van der Waals surface area contributed by atoms with Crippen LogP contribution in [0.3, 0.4) is 0 Å². The Balaban J connectivity index is 1.92. The Bertz CT molecular complexity index is 681. The van der Waals surface area contributed by atoms with E-state index in [2.05, 4.69) is 101 Å². The fourth-order valence-corrected chi connectivity index (χ4v) is 11.8. The third kappa shape index (κ3) is 2.66. The predicted octanol–water partition coefficient (Wildman–Crippen LogP) is 6.98. The molecule has 0 aromatic carbocycles. The second-order valence-electron chi connectivity index (χ2n) is 8.18. The van der Waals surface area contributed by atoms with E-state index in [1.807, 2.05) is 0 Å². The van der Waals surface area contributed by atoms with Gasteiger partial charge >= 0.3 is 0 Å². The Hall–Kier alpha value is -1.86. The maximum Gasteiger partial charge on any atom is 0.0967 e. The molecule has 0 fully saturated rings. The van der Waals surface area contributed by atoms with Crippen molar-refractivity contribution in [1.82, 2.24) is 0 Å². The lowest BCUT2D eigenvalue weighted by molar-refractivity contribution is 1.00. The molecule has 0 nitrogen and oxygen atoms in total. The molecule has 4 aliphatic rings. The van der Waals surface area contributed by atoms with Crippen molar-refractivity contribution in [2.45, 2.75) is 49.9 Å². The van der Waals surface area contributed by atoms with Gasteiger partial charge in [-0.25, -0.2) is 0 Å². The molecule has 4 atom stereocenters. The molecule has 0 aromatic rings. The molecule has 0 saturated heterocycles. The van der Waals surface area contributed by atoms with Crippen molar-refractivity contribution >= 4 is 8.07 Å². The van der Waals surface area contributed by atoms with E-state index < -0.39 is 8.07 Å². The average molecular weight is 345 g/mol. The topological polar surface area (TPSA) is 0 Å². The zero-order valence-electron chi connectivity index (χ0n) is 15.7. The van der Waals surface area contributed by atoms with Crippen LogP contribution in [0.15, 0.2) is 95.2 Å². The van der Waals surface area contributed by atoms with Crippen LogP contribution < -0.4 is 0 Å². The highest BCUT2D eigenvalue weighted by Gasteiger charge is 2.54. The van der Waals surface area contributed by atoms with Crippen molar-refractivity contribution in [2.75, 3.05) is 0 Å². The summed E-state index contributed by atoms with van der Waals surface area (Å²) >= 11 is 0. The molecule has 0 bridgehead atoms. The molecule has 4 aliphatic carbocycles. The summed E-state index contributed by atoms with van der Waals surface area (Å²) in [6.07, 6.45) is 29.6. The second kappa shape index (κ2) is 6.14. The molecule has 4 rings (SSSR count). The number of hydrogen-bond acceptors (Lipinski definition) is 0. The van der Waals surface area contributed by atoms with Crippen LogP contribution in [0.4, 0.5) is 0 Å². The standard InChI is InChI=1S/C24H28Si/c1-17-5-9-21(13-17)25(22-10-6-18(2)14-22,23-11-7-19(3)15-23)24-12-8-20(4)16-24/h5-16,21-24H,1-4H3. The van der Waals surface area contributed by atoms with Gasteiger partial charge in [0, 0.05) is 0 Å². The lowest BCUT2D eigenvalue weighted by atomic mass is 10.3. The first-order valence-electron chi connectivity index (χ1n) is 9.46. The molecule has 25 heavy (non-hydrogen) atoms. The minimum Gasteiger partial charge on any atom is -0.0800 e. The summed E-state index contributed by atoms with van der Waals surface area (Å²) in [4.78, 5) is 0. The van der Waals surface area contributed by atoms with Gasteiger partial charge in [-0.3, -0.25) is 0 Å². The van der Waals surface area contributed by atoms with Crippen LogP contribution in [-0.2, 0) is 0 Å². The molecule has 0 aliphatic heterocycles. The van der Waals surface area contributed by atoms with Crippen LogP contribution in [0.1, 0.15) is 27.7 Å². The van der Waals surface area contributed by atoms with E-state index in [4.69, 9.17) is 0 Å². The van der Waals surface area contributed by atoms with Gasteiger partial charge in [-0.15, -0.1) is 0 Å². The van der Waals surface area contributed by atoms with Gasteiger partial charge in [0.25, 0.3) is 0 Å². The third-order valence-corrected chi connectivity index (χ3v) is 12.4. The average Bonchev–Trinajstić information content (AvgIpc) is 3.33. The van der Waals surface area contributed by atoms with Crippen LogP contribution in [0.5, 0.6) is 0 Å². The van der Waals surface area contributed by atoms with Crippen LogP contribution in [0.2, 0.25) is 22.2 Å². The lowest BCUT2D eigenvalue weighted by Crippen LogP contribution is -2.48. The van der Waals surface area contributed by atoms with Gasteiger partial charge in [0.1, 0.15) is 0 Å². The molecule has 0 aromatic heterocycles. The smallest absolute Gasteiger partial charge is 0.0800 e. The Kier molecular flexibility index (Phi) is 4.08. The van der Waals surface area contributed by atoms with Crippen molar-refractivity contribution in [3.63, 3.8) is 0 Å². The normalized spacial score (nSPS) is 35.0. The van der Waals surface area contributed by atoms with Crippen LogP contribution in [0, 0.1) is 0 Å². The highest BCUT2D eigenvalue weighted by Crippen LogP contribution is 2.58. The summed E-state index contributed by atoms with van der Waals surface area (Å²) in [6, 6.07) is 0. The Morgan fingerprint density at radius 3 is 0.880 bits per heavy atom. The molecule has 0 heterocycles. The highest BCUT2D eigenvalue weighted by molar-refractivity contribution is 6.88. The Morgan fingerprint density at radius 1 is 0.480 bits per heavy atom. The van der Waals surface area contributed by atoms with Crippen LogP contribution in [0.25, 0.3) is 0 Å². The fourth-order valence-electron chi connectivity index (χ4n) is 5.18. The SMILES string of the molecule is CC1=CC([Si](C2C=CC(C)=C2)(C2C=CC(C)=C2)C2C=CC(C)=C2)C=C1. The lowest BCUT2D eigenvalue weighted by Gasteiger charge is -2.46. The first-order chi connectivity index (χ1) is 12.0. The van der Waals surface area contributed by atoms with Crippen molar-refractivity contribution in [3.8, 4) is 0 Å². The summed E-state index contributed by atoms with van der Waals surface area (Å²) < 4.78 is 0. The van der Waals surface area contributed by atoms with Gasteiger partial charge < -0.3 is 0 Å². The number of hydrogen-bond donors (Lipinski definition) is 0. The molecule has 0 N–H and O–H groups in total. The Morgan fingerprint density at radius 2 is 0.720 bits per heavy atom. The quantitative estimate of drug-likeness (QED) is 0.482. The second-order valence-corrected chi connectivity index (χ2v) is 12.8. The molecular weight excluding hydrogens is 316 g/mol. The molecule has 4 unspecified atom stereocenters. The minimum absolute atomic E-state index is 0.581. The van der Waals surface area contributed by atoms with Crippen molar-refractivity contribution in [2.24, 2.45) is 0 Å². The van der Waals surface area contributed by atoms with E-state index in [0.717, 1.165) is 0 Å². The van der Waals surface area contributed by atoms with Gasteiger partial charge in [-0.2, -0.15) is 0 Å². The van der Waals surface area contributed by atoms with E-state index in [-0.39, 0.29) is 0 Å². The van der Waals surface area contributed by atoms with Gasteiger partial charge in [0.15, 0.2) is 0 Å². The molecule has 128 valence electrons. The van der Waals surface area contributed by atoms with Crippen LogP contribution in [-0.4, -0.2) is 8.07 Å². The van der Waals surface area contributed by atoms with Gasteiger partial charge in [0.2, 0.25) is 0 Å². The minimum atomic E-state index is -1.88. The van der Waals surface area contributed by atoms with Crippen molar-refractivity contribution < 1.29 is 0 Å². The van der Waals surface area contributed by atoms with Gasteiger partial charge in [-0.05, 0) is 49.9 Å². The number of allylic oxidation sites excluding steroid dienone is 16. The molecule has 0 saturated carbocycles. The maximum atomic E-state index is 2.55. The van der Waals surface area contributed by atoms with Crippen molar-refractivity contribution in [1.29, 1.82) is 0 Å². The summed E-state index contributed by atoms with van der Waals surface area (Å²) in [5.41, 5.74) is 8.03. The summed E-state index contributed by atoms with van der Waals surface area (Å²) in [6.45, 7) is 8.99. The van der Waals surface area contributed by atoms with Crippen LogP contribution >= 0.6 is 0 Å². The first-order valence-corrected chi connectivity index (χ1v) is 11.8. The predicted molar refractivity (Wildman–Crippen MR) is 112 cm³/mol. The monoisotopic (exact) mass is 344 g/mol. The number of rotatable bonds is 4. The molecular formula is C24H28Si. The summed E-state index contributed by atoms with van der Waals surface area (Å²) in [5, 5.41) is 0. The molecule has 0 spiro atoms. The zero-order valence-corrected chi connectivity index (χ0v) is 16.7. The maximum absolute atomic E-state index is 2.55. The van der Waals surface area contributed by atoms with E-state index in [0.29, 0.717) is 22.2 Å². The summed E-state index contributed by atoms with van der Waals surface area (Å²) in [7, 11) is -1.88.